The number of hydrogen-bond acceptors (Lipinski definition) is 3. The van der Waals surface area contributed by atoms with Crippen LogP contribution in [0.25, 0.3) is 0 Å². The molecule has 1 unspecified atom stereocenters. The zero-order valence-electron chi connectivity index (χ0n) is 13.3. The number of hydrogen-bond donors (Lipinski definition) is 2. The standard InChI is InChI=1S/C18H19FN2O2.ClH/c1-23-17-8-5-12(10-15(17)19)18(22)21-16-4-2-3-11-9-13(20)6-7-14(11)16;/h5-10,16H,2-4,20H2,1H3,(H,21,22);1H. The van der Waals surface area contributed by atoms with Crippen LogP contribution in [0.2, 0.25) is 0 Å². The van der Waals surface area contributed by atoms with E-state index in [9.17, 15) is 9.18 Å². The fourth-order valence-corrected chi connectivity index (χ4v) is 3.03. The normalized spacial score (nSPS) is 15.8. The van der Waals surface area contributed by atoms with Gasteiger partial charge in [0.15, 0.2) is 11.6 Å². The second-order valence-electron chi connectivity index (χ2n) is 5.73. The molecule has 1 amide bonds. The van der Waals surface area contributed by atoms with Crippen LogP contribution in [0.5, 0.6) is 5.75 Å². The van der Waals surface area contributed by atoms with E-state index in [1.165, 1.54) is 24.8 Å². The largest absolute Gasteiger partial charge is 0.494 e. The Kier molecular flexibility index (Phi) is 5.67. The van der Waals surface area contributed by atoms with Crippen LogP contribution in [0.4, 0.5) is 10.1 Å². The first kappa shape index (κ1) is 18.1. The highest BCUT2D eigenvalue weighted by Crippen LogP contribution is 2.31. The summed E-state index contributed by atoms with van der Waals surface area (Å²) in [5, 5.41) is 2.99. The molecule has 128 valence electrons. The topological polar surface area (TPSA) is 64.3 Å². The molecule has 1 aliphatic carbocycles. The first-order chi connectivity index (χ1) is 11.1. The lowest BCUT2D eigenvalue weighted by atomic mass is 9.87. The van der Waals surface area contributed by atoms with Gasteiger partial charge in [-0.2, -0.15) is 0 Å². The predicted molar refractivity (Wildman–Crippen MR) is 94.2 cm³/mol. The molecular formula is C18H20ClFN2O2. The molecule has 2 aromatic carbocycles. The Hall–Kier alpha value is -2.27. The monoisotopic (exact) mass is 350 g/mol. The molecule has 0 saturated heterocycles. The number of nitrogen functional groups attached to an aromatic ring is 1. The molecule has 0 radical (unpaired) electrons. The van der Waals surface area contributed by atoms with Crippen molar-refractivity contribution in [3.8, 4) is 5.75 Å². The average molecular weight is 351 g/mol. The van der Waals surface area contributed by atoms with Crippen molar-refractivity contribution >= 4 is 24.0 Å². The molecule has 0 aromatic heterocycles. The van der Waals surface area contributed by atoms with Gasteiger partial charge in [0.2, 0.25) is 0 Å². The number of rotatable bonds is 3. The minimum atomic E-state index is -0.544. The summed E-state index contributed by atoms with van der Waals surface area (Å²) >= 11 is 0. The third-order valence-corrected chi connectivity index (χ3v) is 4.20. The van der Waals surface area contributed by atoms with Crippen molar-refractivity contribution in [2.24, 2.45) is 0 Å². The predicted octanol–water partition coefficient (Wildman–Crippen LogP) is 3.65. The van der Waals surface area contributed by atoms with E-state index in [-0.39, 0.29) is 35.7 Å². The number of nitrogens with two attached hydrogens (primary N) is 1. The molecule has 6 heteroatoms. The van der Waals surface area contributed by atoms with Crippen LogP contribution in [0.3, 0.4) is 0 Å². The number of halogens is 2. The summed E-state index contributed by atoms with van der Waals surface area (Å²) in [7, 11) is 1.39. The zero-order chi connectivity index (χ0) is 16.4. The molecule has 4 nitrogen and oxygen atoms in total. The van der Waals surface area contributed by atoms with Crippen molar-refractivity contribution < 1.29 is 13.9 Å². The Morgan fingerprint density at radius 1 is 1.29 bits per heavy atom. The lowest BCUT2D eigenvalue weighted by Gasteiger charge is -2.26. The van der Waals surface area contributed by atoms with E-state index in [0.29, 0.717) is 0 Å². The maximum absolute atomic E-state index is 13.8. The van der Waals surface area contributed by atoms with E-state index in [1.54, 1.807) is 6.07 Å². The van der Waals surface area contributed by atoms with Gasteiger partial charge in [0, 0.05) is 11.3 Å². The first-order valence-corrected chi connectivity index (χ1v) is 7.61. The molecule has 1 aliphatic rings. The molecule has 0 aliphatic heterocycles. The summed E-state index contributed by atoms with van der Waals surface area (Å²) in [6, 6.07) is 9.91. The zero-order valence-corrected chi connectivity index (χ0v) is 14.2. The number of anilines is 1. The van der Waals surface area contributed by atoms with Gasteiger partial charge >= 0.3 is 0 Å². The number of methoxy groups -OCH3 is 1. The van der Waals surface area contributed by atoms with Gasteiger partial charge in [-0.1, -0.05) is 6.07 Å². The molecule has 1 atom stereocenters. The Morgan fingerprint density at radius 2 is 2.08 bits per heavy atom. The summed E-state index contributed by atoms with van der Waals surface area (Å²) in [4.78, 5) is 12.4. The molecule has 3 rings (SSSR count). The third-order valence-electron chi connectivity index (χ3n) is 4.20. The second kappa shape index (κ2) is 7.53. The second-order valence-corrected chi connectivity index (χ2v) is 5.73. The van der Waals surface area contributed by atoms with Gasteiger partial charge in [-0.25, -0.2) is 4.39 Å². The summed E-state index contributed by atoms with van der Waals surface area (Å²) in [6.07, 6.45) is 2.81. The fraction of sp³-hybridized carbons (Fsp3) is 0.278. The van der Waals surface area contributed by atoms with E-state index < -0.39 is 5.82 Å². The Morgan fingerprint density at radius 3 is 2.79 bits per heavy atom. The van der Waals surface area contributed by atoms with Gasteiger partial charge < -0.3 is 15.8 Å². The number of ether oxygens (including phenoxy) is 1. The van der Waals surface area contributed by atoms with Crippen LogP contribution in [0.15, 0.2) is 36.4 Å². The van der Waals surface area contributed by atoms with Crippen LogP contribution in [0.1, 0.15) is 40.4 Å². The van der Waals surface area contributed by atoms with Gasteiger partial charge in [-0.3, -0.25) is 4.79 Å². The summed E-state index contributed by atoms with van der Waals surface area (Å²) < 4.78 is 18.6. The van der Waals surface area contributed by atoms with Crippen LogP contribution in [-0.4, -0.2) is 13.0 Å². The van der Waals surface area contributed by atoms with Crippen LogP contribution in [0, 0.1) is 5.82 Å². The number of benzene rings is 2. The van der Waals surface area contributed by atoms with Gasteiger partial charge in [0.1, 0.15) is 0 Å². The molecule has 3 N–H and O–H groups in total. The number of amides is 1. The fourth-order valence-electron chi connectivity index (χ4n) is 3.03. The molecule has 0 heterocycles. The highest BCUT2D eigenvalue weighted by Gasteiger charge is 2.22. The minimum Gasteiger partial charge on any atom is -0.494 e. The number of carbonyl (C=O) groups is 1. The highest BCUT2D eigenvalue weighted by atomic mass is 35.5. The summed E-state index contributed by atoms with van der Waals surface area (Å²) in [6.45, 7) is 0. The van der Waals surface area contributed by atoms with Crippen molar-refractivity contribution in [3.63, 3.8) is 0 Å². The summed E-state index contributed by atoms with van der Waals surface area (Å²) in [5.41, 5.74) is 9.10. The van der Waals surface area contributed by atoms with Gasteiger partial charge in [0.05, 0.1) is 13.2 Å². The van der Waals surface area contributed by atoms with Crippen molar-refractivity contribution in [2.75, 3.05) is 12.8 Å². The van der Waals surface area contributed by atoms with Gasteiger partial charge in [-0.15, -0.1) is 12.4 Å². The van der Waals surface area contributed by atoms with E-state index in [1.807, 2.05) is 18.2 Å². The first-order valence-electron chi connectivity index (χ1n) is 7.61. The van der Waals surface area contributed by atoms with Gasteiger partial charge in [-0.05, 0) is 60.7 Å². The molecule has 0 fully saturated rings. The molecular weight excluding hydrogens is 331 g/mol. The molecule has 24 heavy (non-hydrogen) atoms. The quantitative estimate of drug-likeness (QED) is 0.830. The molecule has 2 aromatic rings. The van der Waals surface area contributed by atoms with Gasteiger partial charge in [0.25, 0.3) is 5.91 Å². The van der Waals surface area contributed by atoms with Crippen molar-refractivity contribution in [2.45, 2.75) is 25.3 Å². The SMILES string of the molecule is COc1ccc(C(=O)NC2CCCc3cc(N)ccc32)cc1F.Cl. The van der Waals surface area contributed by atoms with Crippen molar-refractivity contribution in [1.29, 1.82) is 0 Å². The lowest BCUT2D eigenvalue weighted by molar-refractivity contribution is 0.0932. The van der Waals surface area contributed by atoms with E-state index >= 15 is 0 Å². The van der Waals surface area contributed by atoms with Crippen LogP contribution in [-0.2, 0) is 6.42 Å². The Bertz CT molecular complexity index is 752. The Balaban J connectivity index is 0.00000208. The van der Waals surface area contributed by atoms with Crippen molar-refractivity contribution in [3.05, 3.63) is 58.9 Å². The number of aryl methyl sites for hydroxylation is 1. The minimum absolute atomic E-state index is 0. The third kappa shape index (κ3) is 3.62. The highest BCUT2D eigenvalue weighted by molar-refractivity contribution is 5.94. The van der Waals surface area contributed by atoms with Crippen LogP contribution < -0.4 is 15.8 Å². The molecule has 0 spiro atoms. The number of fused-ring (bicyclic) bond motifs is 1. The maximum Gasteiger partial charge on any atom is 0.251 e. The van der Waals surface area contributed by atoms with E-state index in [2.05, 4.69) is 5.32 Å². The average Bonchev–Trinajstić information content (AvgIpc) is 2.54. The summed E-state index contributed by atoms with van der Waals surface area (Å²) in [5.74, 6) is -0.710. The number of carbonyl (C=O) groups excluding carboxylic acids is 1. The van der Waals surface area contributed by atoms with Crippen molar-refractivity contribution in [1.82, 2.24) is 5.32 Å². The van der Waals surface area contributed by atoms with E-state index in [0.717, 1.165) is 30.5 Å². The molecule has 0 bridgehead atoms. The molecule has 0 saturated carbocycles. The number of nitrogens with one attached hydrogen (secondary N) is 1. The Labute approximate surface area is 146 Å². The van der Waals surface area contributed by atoms with E-state index in [4.69, 9.17) is 10.5 Å². The maximum atomic E-state index is 13.8. The lowest BCUT2D eigenvalue weighted by Crippen LogP contribution is -2.31. The van der Waals surface area contributed by atoms with Crippen LogP contribution >= 0.6 is 12.4 Å². The smallest absolute Gasteiger partial charge is 0.251 e.